The van der Waals surface area contributed by atoms with Gasteiger partial charge in [-0.1, -0.05) is 44.2 Å². The number of aryl methyl sites for hydroxylation is 4. The minimum atomic E-state index is -0.168. The number of nitrogens with two attached hydrogens (primary N) is 1. The van der Waals surface area contributed by atoms with E-state index < -0.39 is 0 Å². The Labute approximate surface area is 174 Å². The van der Waals surface area contributed by atoms with Crippen LogP contribution in [0.3, 0.4) is 0 Å². The van der Waals surface area contributed by atoms with Crippen LogP contribution in [0.4, 0.5) is 11.4 Å². The molecular formula is C24H25N3OS. The summed E-state index contributed by atoms with van der Waals surface area (Å²) in [6.07, 6.45) is 1.72. The van der Waals surface area contributed by atoms with Crippen molar-refractivity contribution in [2.75, 3.05) is 11.1 Å². The quantitative estimate of drug-likeness (QED) is 0.437. The summed E-state index contributed by atoms with van der Waals surface area (Å²) in [5.74, 6) is -0.168. The van der Waals surface area contributed by atoms with Crippen LogP contribution in [0.25, 0.3) is 21.1 Å². The summed E-state index contributed by atoms with van der Waals surface area (Å²) >= 11 is 1.36. The Balaban J connectivity index is 1.82. The Bertz CT molecular complexity index is 1230. The largest absolute Gasteiger partial charge is 0.397 e. The van der Waals surface area contributed by atoms with Gasteiger partial charge >= 0.3 is 0 Å². The highest BCUT2D eigenvalue weighted by molar-refractivity contribution is 7.21. The van der Waals surface area contributed by atoms with Crippen LogP contribution in [0.1, 0.15) is 45.8 Å². The van der Waals surface area contributed by atoms with Crippen molar-refractivity contribution in [1.82, 2.24) is 4.98 Å². The molecule has 0 radical (unpaired) electrons. The average Bonchev–Trinajstić information content (AvgIpc) is 3.06. The number of nitrogen functional groups attached to an aromatic ring is 1. The zero-order chi connectivity index (χ0) is 20.7. The molecule has 29 heavy (non-hydrogen) atoms. The van der Waals surface area contributed by atoms with Gasteiger partial charge in [0.1, 0.15) is 9.71 Å². The first-order valence-corrected chi connectivity index (χ1v) is 10.8. The molecule has 0 spiro atoms. The first-order valence-electron chi connectivity index (χ1n) is 9.95. The lowest BCUT2D eigenvalue weighted by Gasteiger charge is -2.14. The Morgan fingerprint density at radius 2 is 1.69 bits per heavy atom. The number of para-hydroxylation sites is 1. The van der Waals surface area contributed by atoms with Crippen LogP contribution in [-0.4, -0.2) is 10.9 Å². The normalized spacial score (nSPS) is 11.3. The lowest BCUT2D eigenvalue weighted by molar-refractivity contribution is 0.103. The van der Waals surface area contributed by atoms with E-state index in [4.69, 9.17) is 10.7 Å². The van der Waals surface area contributed by atoms with Gasteiger partial charge in [-0.3, -0.25) is 4.79 Å². The van der Waals surface area contributed by atoms with Gasteiger partial charge in [0.15, 0.2) is 0 Å². The molecule has 0 unspecified atom stereocenters. The van der Waals surface area contributed by atoms with Gasteiger partial charge in [0.25, 0.3) is 5.91 Å². The number of nitrogens with zero attached hydrogens (tertiary/aromatic N) is 1. The highest BCUT2D eigenvalue weighted by Crippen LogP contribution is 2.36. The molecule has 0 aliphatic carbocycles. The first kappa shape index (κ1) is 19.4. The van der Waals surface area contributed by atoms with E-state index in [-0.39, 0.29) is 5.91 Å². The second-order valence-electron chi connectivity index (χ2n) is 7.39. The predicted molar refractivity (Wildman–Crippen MR) is 124 cm³/mol. The number of carbonyl (C=O) groups excluding carboxylic acids is 1. The maximum absolute atomic E-state index is 13.2. The number of thiophene rings is 1. The van der Waals surface area contributed by atoms with E-state index in [1.54, 1.807) is 0 Å². The molecule has 0 bridgehead atoms. The molecule has 3 N–H and O–H groups in total. The topological polar surface area (TPSA) is 68.0 Å². The lowest BCUT2D eigenvalue weighted by atomic mass is 10.0. The summed E-state index contributed by atoms with van der Waals surface area (Å²) < 4.78 is 0. The van der Waals surface area contributed by atoms with Crippen molar-refractivity contribution in [3.05, 3.63) is 63.5 Å². The Morgan fingerprint density at radius 1 is 1.03 bits per heavy atom. The third kappa shape index (κ3) is 3.25. The van der Waals surface area contributed by atoms with Gasteiger partial charge in [0.05, 0.1) is 11.2 Å². The lowest BCUT2D eigenvalue weighted by Crippen LogP contribution is -2.15. The second-order valence-corrected chi connectivity index (χ2v) is 8.39. The molecule has 2 aromatic heterocycles. The molecule has 0 atom stereocenters. The summed E-state index contributed by atoms with van der Waals surface area (Å²) in [4.78, 5) is 19.3. The number of benzene rings is 2. The number of fused-ring (bicyclic) bond motifs is 2. The molecule has 4 aromatic rings. The zero-order valence-corrected chi connectivity index (χ0v) is 18.0. The fourth-order valence-corrected chi connectivity index (χ4v) is 4.78. The van der Waals surface area contributed by atoms with Gasteiger partial charge in [0.2, 0.25) is 0 Å². The molecule has 4 rings (SSSR count). The molecule has 4 nitrogen and oxygen atoms in total. The molecule has 5 heteroatoms. The number of aromatic nitrogens is 1. The summed E-state index contributed by atoms with van der Waals surface area (Å²) in [5.41, 5.74) is 13.3. The number of hydrogen-bond donors (Lipinski definition) is 2. The smallest absolute Gasteiger partial charge is 0.267 e. The third-order valence-electron chi connectivity index (χ3n) is 5.55. The monoisotopic (exact) mass is 403 g/mol. The molecule has 0 aliphatic rings. The van der Waals surface area contributed by atoms with Crippen LogP contribution in [0, 0.1) is 13.8 Å². The van der Waals surface area contributed by atoms with Gasteiger partial charge < -0.3 is 11.1 Å². The van der Waals surface area contributed by atoms with Crippen molar-refractivity contribution in [2.24, 2.45) is 0 Å². The molecule has 2 aromatic carbocycles. The second kappa shape index (κ2) is 7.48. The predicted octanol–water partition coefficient (Wildman–Crippen LogP) is 6.03. The summed E-state index contributed by atoms with van der Waals surface area (Å²) in [6.45, 7) is 8.31. The SMILES string of the molecule is CCc1cccc(CC)c1NC(=O)c1sc2nc3c(C)ccc(C)c3cc2c1N. The van der Waals surface area contributed by atoms with E-state index in [2.05, 4.69) is 63.3 Å². The van der Waals surface area contributed by atoms with Crippen molar-refractivity contribution in [3.63, 3.8) is 0 Å². The maximum Gasteiger partial charge on any atom is 0.267 e. The number of hydrogen-bond acceptors (Lipinski definition) is 4. The average molecular weight is 404 g/mol. The Kier molecular flexibility index (Phi) is 5.01. The van der Waals surface area contributed by atoms with Crippen LogP contribution in [-0.2, 0) is 12.8 Å². The molecule has 0 saturated heterocycles. The summed E-state index contributed by atoms with van der Waals surface area (Å²) in [5, 5.41) is 5.06. The molecule has 1 amide bonds. The highest BCUT2D eigenvalue weighted by atomic mass is 32.1. The van der Waals surface area contributed by atoms with E-state index in [9.17, 15) is 4.79 Å². The zero-order valence-electron chi connectivity index (χ0n) is 17.2. The van der Waals surface area contributed by atoms with Crippen molar-refractivity contribution >= 4 is 49.7 Å². The fourth-order valence-electron chi connectivity index (χ4n) is 3.80. The van der Waals surface area contributed by atoms with Crippen LogP contribution < -0.4 is 11.1 Å². The molecule has 148 valence electrons. The van der Waals surface area contributed by atoms with Crippen LogP contribution in [0.5, 0.6) is 0 Å². The van der Waals surface area contributed by atoms with Crippen LogP contribution in [0.2, 0.25) is 0 Å². The number of anilines is 2. The Hall–Kier alpha value is -2.92. The molecule has 0 aliphatic heterocycles. The van der Waals surface area contributed by atoms with Gasteiger partial charge in [-0.25, -0.2) is 4.98 Å². The molecule has 0 saturated carbocycles. The van der Waals surface area contributed by atoms with E-state index in [0.29, 0.717) is 10.6 Å². The molecule has 0 fully saturated rings. The van der Waals surface area contributed by atoms with Crippen LogP contribution in [0.15, 0.2) is 36.4 Å². The number of carbonyl (C=O) groups is 1. The number of amides is 1. The van der Waals surface area contributed by atoms with Gasteiger partial charge in [-0.05, 0) is 55.0 Å². The van der Waals surface area contributed by atoms with Gasteiger partial charge in [-0.15, -0.1) is 11.3 Å². The van der Waals surface area contributed by atoms with E-state index in [1.165, 1.54) is 11.3 Å². The standard InChI is InChI=1S/C24H25N3OS/c1-5-15-8-7-9-16(6-2)21(15)26-23(28)22-19(25)18-12-17-13(3)10-11-14(4)20(17)27-24(18)29-22/h7-12H,5-6,25H2,1-4H3,(H,26,28). The molecule has 2 heterocycles. The van der Waals surface area contributed by atoms with Crippen molar-refractivity contribution in [3.8, 4) is 0 Å². The van der Waals surface area contributed by atoms with Gasteiger partial charge in [0, 0.05) is 16.5 Å². The Morgan fingerprint density at radius 3 is 2.34 bits per heavy atom. The van der Waals surface area contributed by atoms with Crippen LogP contribution >= 0.6 is 11.3 Å². The van der Waals surface area contributed by atoms with E-state index >= 15 is 0 Å². The van der Waals surface area contributed by atoms with Crippen molar-refractivity contribution < 1.29 is 4.79 Å². The maximum atomic E-state index is 13.2. The number of rotatable bonds is 4. The molecular weight excluding hydrogens is 378 g/mol. The minimum absolute atomic E-state index is 0.168. The fraction of sp³-hybridized carbons (Fsp3) is 0.250. The minimum Gasteiger partial charge on any atom is -0.397 e. The van der Waals surface area contributed by atoms with Gasteiger partial charge in [-0.2, -0.15) is 0 Å². The van der Waals surface area contributed by atoms with E-state index in [0.717, 1.165) is 61.9 Å². The third-order valence-corrected chi connectivity index (χ3v) is 6.66. The first-order chi connectivity index (χ1) is 13.9. The van der Waals surface area contributed by atoms with Crippen molar-refractivity contribution in [2.45, 2.75) is 40.5 Å². The number of pyridine rings is 1. The summed E-state index contributed by atoms with van der Waals surface area (Å²) in [6, 6.07) is 12.4. The van der Waals surface area contributed by atoms with Crippen molar-refractivity contribution in [1.29, 1.82) is 0 Å². The van der Waals surface area contributed by atoms with E-state index in [1.807, 2.05) is 6.07 Å². The summed E-state index contributed by atoms with van der Waals surface area (Å²) in [7, 11) is 0. The highest BCUT2D eigenvalue weighted by Gasteiger charge is 2.20. The number of nitrogens with one attached hydrogen (secondary N) is 1.